The van der Waals surface area contributed by atoms with E-state index in [0.29, 0.717) is 17.5 Å². The van der Waals surface area contributed by atoms with Crippen LogP contribution in [0.5, 0.6) is 5.75 Å². The Morgan fingerprint density at radius 1 is 1.12 bits per heavy atom. The van der Waals surface area contributed by atoms with Crippen molar-refractivity contribution >= 4 is 17.1 Å². The number of nitrogens with one attached hydrogen (secondary N) is 1. The van der Waals surface area contributed by atoms with E-state index in [1.165, 1.54) is 12.1 Å². The predicted molar refractivity (Wildman–Crippen MR) is 86.2 cm³/mol. The number of nitro benzene ring substituents is 1. The van der Waals surface area contributed by atoms with Crippen molar-refractivity contribution in [2.24, 2.45) is 0 Å². The highest BCUT2D eigenvalue weighted by Crippen LogP contribution is 2.22. The second-order valence-electron chi connectivity index (χ2n) is 4.98. The van der Waals surface area contributed by atoms with Gasteiger partial charge in [0.1, 0.15) is 5.75 Å². The maximum Gasteiger partial charge on any atom is 0.269 e. The zero-order valence-corrected chi connectivity index (χ0v) is 12.8. The fourth-order valence-electron chi connectivity index (χ4n) is 2.01. The molecule has 0 spiro atoms. The van der Waals surface area contributed by atoms with Crippen molar-refractivity contribution in [1.82, 2.24) is 10.1 Å². The van der Waals surface area contributed by atoms with E-state index < -0.39 is 4.92 Å². The fourth-order valence-corrected chi connectivity index (χ4v) is 2.01. The normalized spacial score (nSPS) is 10.4. The van der Waals surface area contributed by atoms with Crippen LogP contribution < -0.4 is 10.1 Å². The molecule has 8 nitrogen and oxygen atoms in total. The molecule has 1 heterocycles. The minimum Gasteiger partial charge on any atom is -0.484 e. The molecule has 0 fully saturated rings. The Bertz CT molecular complexity index is 828. The Balaban J connectivity index is 1.58. The van der Waals surface area contributed by atoms with E-state index in [4.69, 9.17) is 9.26 Å². The molecular formula is C16H14N4O4. The van der Waals surface area contributed by atoms with Gasteiger partial charge in [0.25, 0.3) is 11.6 Å². The Hall–Kier alpha value is -3.42. The summed E-state index contributed by atoms with van der Waals surface area (Å²) < 4.78 is 10.5. The fraction of sp³-hybridized carbons (Fsp3) is 0.125. The Kier molecular flexibility index (Phi) is 4.37. The molecule has 0 radical (unpaired) electrons. The summed E-state index contributed by atoms with van der Waals surface area (Å²) in [7, 11) is 0. The van der Waals surface area contributed by atoms with Crippen LogP contribution in [0, 0.1) is 17.0 Å². The van der Waals surface area contributed by atoms with Crippen LogP contribution in [0.4, 0.5) is 17.1 Å². The number of nitrogens with zero attached hydrogens (tertiary/aromatic N) is 3. The molecule has 0 aliphatic carbocycles. The zero-order chi connectivity index (χ0) is 16.9. The molecule has 3 rings (SSSR count). The number of aryl methyl sites for hydroxylation is 1. The molecule has 0 aliphatic rings. The molecule has 24 heavy (non-hydrogen) atoms. The van der Waals surface area contributed by atoms with Gasteiger partial charge in [-0.1, -0.05) is 5.16 Å². The molecule has 122 valence electrons. The molecule has 8 heteroatoms. The summed E-state index contributed by atoms with van der Waals surface area (Å²) in [6.07, 6.45) is 0. The predicted octanol–water partition coefficient (Wildman–Crippen LogP) is 3.61. The second-order valence-corrected chi connectivity index (χ2v) is 4.98. The second kappa shape index (κ2) is 6.78. The van der Waals surface area contributed by atoms with Crippen LogP contribution in [-0.2, 0) is 6.61 Å². The number of aromatic nitrogens is 2. The van der Waals surface area contributed by atoms with Crippen molar-refractivity contribution in [1.29, 1.82) is 0 Å². The third-order valence-corrected chi connectivity index (χ3v) is 3.15. The average molecular weight is 326 g/mol. The van der Waals surface area contributed by atoms with E-state index >= 15 is 0 Å². The van der Waals surface area contributed by atoms with E-state index in [-0.39, 0.29) is 12.3 Å². The third kappa shape index (κ3) is 3.86. The summed E-state index contributed by atoms with van der Waals surface area (Å²) in [5.74, 6) is 1.65. The number of hydrogen-bond acceptors (Lipinski definition) is 7. The standard InChI is InChI=1S/C16H14N4O4/c1-11-17-16(24-19-11)10-23-15-8-4-13(5-9-15)18-12-2-6-14(7-3-12)20(21)22/h2-9,18H,10H2,1H3. The topological polar surface area (TPSA) is 103 Å². The smallest absolute Gasteiger partial charge is 0.269 e. The lowest BCUT2D eigenvalue weighted by Crippen LogP contribution is -1.96. The maximum absolute atomic E-state index is 10.6. The van der Waals surface area contributed by atoms with Crippen molar-refractivity contribution in [2.75, 3.05) is 5.32 Å². The summed E-state index contributed by atoms with van der Waals surface area (Å²) in [5, 5.41) is 17.5. The van der Waals surface area contributed by atoms with Gasteiger partial charge in [-0.3, -0.25) is 10.1 Å². The van der Waals surface area contributed by atoms with Gasteiger partial charge in [0.15, 0.2) is 12.4 Å². The van der Waals surface area contributed by atoms with Crippen LogP contribution in [0.25, 0.3) is 0 Å². The maximum atomic E-state index is 10.6. The lowest BCUT2D eigenvalue weighted by Gasteiger charge is -2.08. The monoisotopic (exact) mass is 326 g/mol. The first-order valence-electron chi connectivity index (χ1n) is 7.14. The number of non-ortho nitro benzene ring substituents is 1. The molecule has 1 N–H and O–H groups in total. The van der Waals surface area contributed by atoms with Crippen LogP contribution in [-0.4, -0.2) is 15.1 Å². The number of ether oxygens (including phenoxy) is 1. The van der Waals surface area contributed by atoms with Crippen LogP contribution in [0.2, 0.25) is 0 Å². The highest BCUT2D eigenvalue weighted by atomic mass is 16.6. The quantitative estimate of drug-likeness (QED) is 0.545. The van der Waals surface area contributed by atoms with E-state index in [0.717, 1.165) is 11.4 Å². The van der Waals surface area contributed by atoms with E-state index in [1.807, 2.05) is 12.1 Å². The largest absolute Gasteiger partial charge is 0.484 e. The third-order valence-electron chi connectivity index (χ3n) is 3.15. The number of nitro groups is 1. The highest BCUT2D eigenvalue weighted by molar-refractivity contribution is 5.61. The minimum atomic E-state index is -0.430. The van der Waals surface area contributed by atoms with E-state index in [9.17, 15) is 10.1 Å². The number of rotatable bonds is 6. The number of anilines is 2. The molecule has 0 amide bonds. The van der Waals surface area contributed by atoms with E-state index in [1.54, 1.807) is 31.2 Å². The Morgan fingerprint density at radius 3 is 2.29 bits per heavy atom. The molecule has 3 aromatic rings. The summed E-state index contributed by atoms with van der Waals surface area (Å²) in [6.45, 7) is 1.95. The molecule has 0 bridgehead atoms. The van der Waals surface area contributed by atoms with Gasteiger partial charge in [-0.25, -0.2) is 0 Å². The molecular weight excluding hydrogens is 312 g/mol. The van der Waals surface area contributed by atoms with Crippen molar-refractivity contribution in [2.45, 2.75) is 13.5 Å². The Morgan fingerprint density at radius 2 is 1.75 bits per heavy atom. The first kappa shape index (κ1) is 15.5. The van der Waals surface area contributed by atoms with Gasteiger partial charge >= 0.3 is 0 Å². The average Bonchev–Trinajstić information content (AvgIpc) is 3.00. The van der Waals surface area contributed by atoms with Crippen molar-refractivity contribution in [3.63, 3.8) is 0 Å². The lowest BCUT2D eigenvalue weighted by atomic mass is 10.2. The van der Waals surface area contributed by atoms with Crippen LogP contribution in [0.1, 0.15) is 11.7 Å². The Labute approximate surface area is 137 Å². The zero-order valence-electron chi connectivity index (χ0n) is 12.8. The molecule has 0 saturated carbocycles. The molecule has 0 atom stereocenters. The summed E-state index contributed by atoms with van der Waals surface area (Å²) in [6, 6.07) is 13.5. The van der Waals surface area contributed by atoms with Crippen LogP contribution >= 0.6 is 0 Å². The molecule has 0 aliphatic heterocycles. The summed E-state index contributed by atoms with van der Waals surface area (Å²) >= 11 is 0. The first-order valence-corrected chi connectivity index (χ1v) is 7.14. The molecule has 2 aromatic carbocycles. The molecule has 1 aromatic heterocycles. The van der Waals surface area contributed by atoms with Gasteiger partial charge in [0.05, 0.1) is 4.92 Å². The minimum absolute atomic E-state index is 0.0561. The van der Waals surface area contributed by atoms with E-state index in [2.05, 4.69) is 15.5 Å². The van der Waals surface area contributed by atoms with Gasteiger partial charge in [0, 0.05) is 23.5 Å². The summed E-state index contributed by atoms with van der Waals surface area (Å²) in [4.78, 5) is 14.3. The van der Waals surface area contributed by atoms with Crippen LogP contribution in [0.3, 0.4) is 0 Å². The SMILES string of the molecule is Cc1noc(COc2ccc(Nc3ccc([N+](=O)[O-])cc3)cc2)n1. The van der Waals surface area contributed by atoms with Crippen molar-refractivity contribution in [3.05, 3.63) is 70.4 Å². The van der Waals surface area contributed by atoms with Gasteiger partial charge in [-0.05, 0) is 43.3 Å². The summed E-state index contributed by atoms with van der Waals surface area (Å²) in [5.41, 5.74) is 1.65. The van der Waals surface area contributed by atoms with Gasteiger partial charge in [0.2, 0.25) is 0 Å². The van der Waals surface area contributed by atoms with Gasteiger partial charge in [-0.15, -0.1) is 0 Å². The lowest BCUT2D eigenvalue weighted by molar-refractivity contribution is -0.384. The highest BCUT2D eigenvalue weighted by Gasteiger charge is 2.05. The van der Waals surface area contributed by atoms with Gasteiger partial charge in [-0.2, -0.15) is 4.98 Å². The van der Waals surface area contributed by atoms with Gasteiger partial charge < -0.3 is 14.6 Å². The molecule has 0 unspecified atom stereocenters. The molecule has 0 saturated heterocycles. The number of hydrogen-bond donors (Lipinski definition) is 1. The van der Waals surface area contributed by atoms with Crippen molar-refractivity contribution < 1.29 is 14.2 Å². The van der Waals surface area contributed by atoms with Crippen molar-refractivity contribution in [3.8, 4) is 5.75 Å². The number of benzene rings is 2. The van der Waals surface area contributed by atoms with Crippen LogP contribution in [0.15, 0.2) is 53.1 Å². The first-order chi connectivity index (χ1) is 11.6.